The topological polar surface area (TPSA) is 422 Å². The Morgan fingerprint density at radius 2 is 1.49 bits per heavy atom. The van der Waals surface area contributed by atoms with Gasteiger partial charge in [0, 0.05) is 12.3 Å². The van der Waals surface area contributed by atoms with E-state index in [0.717, 1.165) is 12.7 Å². The number of hydrogen-bond acceptors (Lipinski definition) is 27. The van der Waals surface area contributed by atoms with Gasteiger partial charge in [-0.05, 0) is 25.3 Å². The Balaban J connectivity index is 0.896. The third-order valence-electron chi connectivity index (χ3n) is 11.6. The van der Waals surface area contributed by atoms with E-state index in [1.54, 1.807) is 13.0 Å². The van der Waals surface area contributed by atoms with Crippen LogP contribution < -0.4 is 16.4 Å². The van der Waals surface area contributed by atoms with E-state index in [0.29, 0.717) is 18.5 Å². The molecule has 364 valence electrons. The molecule has 67 heavy (non-hydrogen) atoms. The van der Waals surface area contributed by atoms with Gasteiger partial charge >= 0.3 is 13.8 Å². The first-order chi connectivity index (χ1) is 32.0. The molecule has 0 aliphatic carbocycles. The molecule has 0 amide bonds. The van der Waals surface area contributed by atoms with Crippen molar-refractivity contribution >= 4 is 55.6 Å². The molecule has 30 nitrogen and oxygen atoms in total. The van der Waals surface area contributed by atoms with Crippen LogP contribution in [-0.2, 0) is 55.7 Å². The number of imidazole rings is 2. The van der Waals surface area contributed by atoms with Crippen LogP contribution in [0.5, 0.6) is 0 Å². The number of aliphatic hydroxyl groups excluding tert-OH is 4. The molecule has 4 saturated heterocycles. The van der Waals surface area contributed by atoms with Crippen LogP contribution in [-0.4, -0.2) is 158 Å². The van der Waals surface area contributed by atoms with Crippen molar-refractivity contribution in [3.05, 3.63) is 37.1 Å². The molecule has 32 heteroatoms. The first-order valence-corrected chi connectivity index (χ1v) is 23.7. The van der Waals surface area contributed by atoms with E-state index < -0.39 is 127 Å². The number of aliphatic hydroxyl groups is 4. The van der Waals surface area contributed by atoms with E-state index >= 15 is 0 Å². The molecule has 0 spiro atoms. The maximum atomic E-state index is 13.7. The van der Waals surface area contributed by atoms with Crippen LogP contribution in [0.4, 0.5) is 11.6 Å². The molecule has 4 fully saturated rings. The number of aromatic nitrogens is 8. The molecule has 0 saturated carbocycles. The average Bonchev–Trinajstić information content (AvgIpc) is 4.13. The molecule has 10 unspecified atom stereocenters. The lowest BCUT2D eigenvalue weighted by molar-refractivity contribution is -0.288. The molecule has 0 bridgehead atoms. The molecule has 9 N–H and O–H groups in total. The van der Waals surface area contributed by atoms with Gasteiger partial charge in [-0.1, -0.05) is 6.92 Å². The number of anilines is 2. The van der Waals surface area contributed by atoms with Gasteiger partial charge < -0.3 is 74.4 Å². The molecular weight excluding hydrogens is 938 g/mol. The molecule has 9 heterocycles. The summed E-state index contributed by atoms with van der Waals surface area (Å²) in [4.78, 5) is 62.7. The van der Waals surface area contributed by atoms with Crippen LogP contribution in [0.25, 0.3) is 22.3 Å². The Bertz CT molecular complexity index is 2620. The van der Waals surface area contributed by atoms with Gasteiger partial charge in [0.25, 0.3) is 7.82 Å². The van der Waals surface area contributed by atoms with Gasteiger partial charge in [-0.15, -0.1) is 0 Å². The predicted molar refractivity (Wildman–Crippen MR) is 215 cm³/mol. The van der Waals surface area contributed by atoms with Crippen LogP contribution >= 0.6 is 15.6 Å². The Kier molecular flexibility index (Phi) is 13.5. The zero-order valence-electron chi connectivity index (χ0n) is 35.0. The SMILES string of the molecule is CC1C(OC2C=C(CCCCC(=O)O[C@H]3C4OP(=O)([O-])OC[C@H]5O[C@@H](n6cnc7c(N)ncnc76)C(O)[C@H]5OP(=O)(O)OC[C@H]4O[C@H]3n3cnc4c(N)ncnc43)N=N2)OC(CO)C(O)C1O. The van der Waals surface area contributed by atoms with Crippen molar-refractivity contribution in [2.75, 3.05) is 31.3 Å². The number of nitrogens with zero attached hydrogens (tertiary/aromatic N) is 10. The number of azo groups is 1. The number of hydrogen-bond donors (Lipinski definition) is 7. The Morgan fingerprint density at radius 1 is 0.851 bits per heavy atom. The van der Waals surface area contributed by atoms with Crippen molar-refractivity contribution in [2.45, 2.75) is 113 Å². The van der Waals surface area contributed by atoms with Crippen molar-refractivity contribution in [1.29, 1.82) is 0 Å². The molecule has 0 radical (unpaired) electrons. The number of esters is 1. The summed E-state index contributed by atoms with van der Waals surface area (Å²) in [6.45, 7) is -0.756. The fourth-order valence-electron chi connectivity index (χ4n) is 8.20. The number of unbranched alkanes of at least 4 members (excludes halogenated alkanes) is 1. The van der Waals surface area contributed by atoms with E-state index in [-0.39, 0.29) is 46.8 Å². The normalized spacial score (nSPS) is 38.0. The van der Waals surface area contributed by atoms with Gasteiger partial charge in [0.1, 0.15) is 66.4 Å². The van der Waals surface area contributed by atoms with Crippen molar-refractivity contribution in [1.82, 2.24) is 39.0 Å². The standard InChI is InChI=1S/C35H46N12O18P2/c1-14-23(50)24(51)16(7-48)61-35(14)62-19-6-15(44-45-19)4-2-3-5-20(49)63-28-27-18(60-34(28)47-13-43-22-30(37)39-11-41-32(22)47)9-58-66(53,54)64-26-17(8-57-67(55,56)65-27)59-33(25(26)52)46-12-42-21-29(36)38-10-40-31(21)46/h6,10-14,16-19,23-28,33-35,48,50-52H,2-5,7-9H2,1H3,(H,53,54)(H,55,56)(H2,36,38,40)(H2,37,39,41)/p-1/t14?,16?,17-,18-,19?,23?,24?,25?,26+,27?,28+,33-,34-,35?/m1/s1. The summed E-state index contributed by atoms with van der Waals surface area (Å²) in [6.07, 6.45) is -11.4. The number of nitrogen functional groups attached to an aromatic ring is 2. The fraction of sp³-hybridized carbons (Fsp3) is 0.629. The van der Waals surface area contributed by atoms with E-state index in [9.17, 15) is 44.1 Å². The highest BCUT2D eigenvalue weighted by molar-refractivity contribution is 7.47. The van der Waals surface area contributed by atoms with Gasteiger partial charge in [-0.25, -0.2) is 34.5 Å². The van der Waals surface area contributed by atoms with Gasteiger partial charge in [0.15, 0.2) is 54.0 Å². The Hall–Kier alpha value is -4.59. The largest absolute Gasteiger partial charge is 0.756 e. The number of phosphoric ester groups is 2. The van der Waals surface area contributed by atoms with Gasteiger partial charge in [-0.2, -0.15) is 10.2 Å². The molecule has 16 atom stereocenters. The first-order valence-electron chi connectivity index (χ1n) is 20.7. The molecular formula is C35H45N12O18P2-. The molecule has 5 aliphatic rings. The minimum Gasteiger partial charge on any atom is -0.756 e. The highest BCUT2D eigenvalue weighted by Gasteiger charge is 2.54. The second-order valence-corrected chi connectivity index (χ2v) is 18.8. The summed E-state index contributed by atoms with van der Waals surface area (Å²) in [6, 6.07) is 0. The van der Waals surface area contributed by atoms with Crippen molar-refractivity contribution in [3.8, 4) is 0 Å². The summed E-state index contributed by atoms with van der Waals surface area (Å²) < 4.78 is 80.7. The number of carbonyl (C=O) groups is 1. The highest BCUT2D eigenvalue weighted by atomic mass is 31.2. The molecule has 5 aliphatic heterocycles. The minimum atomic E-state index is -5.48. The third kappa shape index (κ3) is 9.71. The smallest absolute Gasteiger partial charge is 0.472 e. The van der Waals surface area contributed by atoms with E-state index in [1.807, 2.05) is 0 Å². The molecule has 9 rings (SSSR count). The maximum Gasteiger partial charge on any atom is 0.472 e. The maximum absolute atomic E-state index is 13.7. The van der Waals surface area contributed by atoms with Gasteiger partial charge in [0.2, 0.25) is 0 Å². The lowest BCUT2D eigenvalue weighted by Gasteiger charge is -2.40. The lowest BCUT2D eigenvalue weighted by Crippen LogP contribution is -2.55. The van der Waals surface area contributed by atoms with Crippen molar-refractivity contribution in [3.63, 3.8) is 0 Å². The number of fused-ring (bicyclic) bond motifs is 4. The van der Waals surface area contributed by atoms with Crippen LogP contribution in [0.1, 0.15) is 45.1 Å². The number of phosphoric acid groups is 2. The van der Waals surface area contributed by atoms with Gasteiger partial charge in [-0.3, -0.25) is 27.5 Å². The zero-order valence-corrected chi connectivity index (χ0v) is 36.8. The Morgan fingerprint density at radius 3 is 2.18 bits per heavy atom. The quantitative estimate of drug-likeness (QED) is 0.0517. The van der Waals surface area contributed by atoms with E-state index in [1.165, 1.54) is 21.8 Å². The summed E-state index contributed by atoms with van der Waals surface area (Å²) >= 11 is 0. The number of carbonyl (C=O) groups excluding carboxylic acids is 1. The van der Waals surface area contributed by atoms with Crippen LogP contribution in [0, 0.1) is 5.92 Å². The summed E-state index contributed by atoms with van der Waals surface area (Å²) in [5, 5.41) is 49.6. The minimum absolute atomic E-state index is 0.00961. The first kappa shape index (κ1) is 47.5. The molecule has 0 aromatic carbocycles. The summed E-state index contributed by atoms with van der Waals surface area (Å²) in [7, 11) is -10.7. The highest BCUT2D eigenvalue weighted by Crippen LogP contribution is 2.53. The van der Waals surface area contributed by atoms with E-state index in [2.05, 4.69) is 40.1 Å². The monoisotopic (exact) mass is 983 g/mol. The predicted octanol–water partition coefficient (Wildman–Crippen LogP) is -1.39. The summed E-state index contributed by atoms with van der Waals surface area (Å²) in [5.41, 5.74) is 12.9. The van der Waals surface area contributed by atoms with Crippen molar-refractivity contribution < 1.29 is 85.9 Å². The average molecular weight is 984 g/mol. The second-order valence-electron chi connectivity index (χ2n) is 16.1. The van der Waals surface area contributed by atoms with Crippen LogP contribution in [0.2, 0.25) is 0 Å². The fourth-order valence-corrected chi connectivity index (χ4v) is 10.1. The number of nitrogens with two attached hydrogens (primary N) is 2. The number of ether oxygens (including phenoxy) is 5. The molecule has 4 aromatic heterocycles. The Labute approximate surface area is 377 Å². The molecule has 4 aromatic rings. The number of rotatable bonds is 11. The van der Waals surface area contributed by atoms with E-state index in [4.69, 9.17) is 53.2 Å². The number of allylic oxidation sites excluding steroid dienone is 1. The van der Waals surface area contributed by atoms with Crippen LogP contribution in [0.15, 0.2) is 47.3 Å². The zero-order chi connectivity index (χ0) is 47.4. The summed E-state index contributed by atoms with van der Waals surface area (Å²) in [5.74, 6) is -1.49. The lowest BCUT2D eigenvalue weighted by atomic mass is 9.92. The van der Waals surface area contributed by atoms with Gasteiger partial charge in [0.05, 0.1) is 44.3 Å². The van der Waals surface area contributed by atoms with Crippen LogP contribution in [0.3, 0.4) is 0 Å². The van der Waals surface area contributed by atoms with Crippen molar-refractivity contribution in [2.24, 2.45) is 16.1 Å². The second kappa shape index (κ2) is 19.1. The third-order valence-corrected chi connectivity index (χ3v) is 13.6.